The van der Waals surface area contributed by atoms with Crippen LogP contribution in [0.15, 0.2) is 48.5 Å². The molecule has 0 unspecified atom stereocenters. The Kier molecular flexibility index (Phi) is 5.69. The monoisotopic (exact) mass is 345 g/mol. The summed E-state index contributed by atoms with van der Waals surface area (Å²) in [5, 5.41) is 6.74. The molecule has 126 valence electrons. The molecule has 5 nitrogen and oxygen atoms in total. The van der Waals surface area contributed by atoms with Gasteiger partial charge in [-0.2, -0.15) is 0 Å². The van der Waals surface area contributed by atoms with E-state index in [2.05, 4.69) is 15.5 Å². The molecule has 24 heavy (non-hydrogen) atoms. The minimum absolute atomic E-state index is 0.00308. The highest BCUT2D eigenvalue weighted by atomic mass is 35.5. The Bertz CT molecular complexity index is 685. The zero-order valence-electron chi connectivity index (χ0n) is 13.3. The first kappa shape index (κ1) is 16.8. The molecule has 6 heteroatoms. The van der Waals surface area contributed by atoms with Gasteiger partial charge in [0.2, 0.25) is 5.91 Å². The maximum absolute atomic E-state index is 12.1. The van der Waals surface area contributed by atoms with Crippen molar-refractivity contribution in [2.75, 3.05) is 38.0 Å². The predicted molar refractivity (Wildman–Crippen MR) is 95.9 cm³/mol. The standard InChI is InChI=1S/C18H20ClN3O2/c19-16-3-1-2-4-17(16)24-15-7-5-14(6-8-15)21-18(23)13-22-11-9-20-10-12-22/h1-8,20H,9-13H2,(H,21,23). The van der Waals surface area contributed by atoms with Crippen LogP contribution in [0.4, 0.5) is 5.69 Å². The van der Waals surface area contributed by atoms with Gasteiger partial charge in [0.15, 0.2) is 0 Å². The van der Waals surface area contributed by atoms with Gasteiger partial charge in [0, 0.05) is 31.9 Å². The fraction of sp³-hybridized carbons (Fsp3) is 0.278. The Labute approximate surface area is 146 Å². The number of nitrogens with one attached hydrogen (secondary N) is 2. The number of amides is 1. The zero-order valence-corrected chi connectivity index (χ0v) is 14.1. The Morgan fingerprint density at radius 2 is 1.83 bits per heavy atom. The van der Waals surface area contributed by atoms with Crippen LogP contribution in [-0.4, -0.2) is 43.5 Å². The fourth-order valence-electron chi connectivity index (χ4n) is 2.53. The molecule has 3 rings (SSSR count). The molecule has 1 aliphatic rings. The first-order valence-electron chi connectivity index (χ1n) is 7.96. The van der Waals surface area contributed by atoms with Crippen molar-refractivity contribution in [3.63, 3.8) is 0 Å². The van der Waals surface area contributed by atoms with E-state index in [1.165, 1.54) is 0 Å². The van der Waals surface area contributed by atoms with E-state index in [1.807, 2.05) is 42.5 Å². The van der Waals surface area contributed by atoms with Crippen molar-refractivity contribution in [2.45, 2.75) is 0 Å². The maximum Gasteiger partial charge on any atom is 0.238 e. The lowest BCUT2D eigenvalue weighted by Crippen LogP contribution is -2.46. The highest BCUT2D eigenvalue weighted by Crippen LogP contribution is 2.29. The van der Waals surface area contributed by atoms with Crippen LogP contribution in [0, 0.1) is 0 Å². The van der Waals surface area contributed by atoms with E-state index in [0.717, 1.165) is 31.9 Å². The average Bonchev–Trinajstić information content (AvgIpc) is 2.59. The number of para-hydroxylation sites is 1. The molecule has 0 spiro atoms. The molecule has 0 radical (unpaired) electrons. The van der Waals surface area contributed by atoms with Crippen molar-refractivity contribution in [1.82, 2.24) is 10.2 Å². The number of rotatable bonds is 5. The summed E-state index contributed by atoms with van der Waals surface area (Å²) in [6, 6.07) is 14.6. The number of nitrogens with zero attached hydrogens (tertiary/aromatic N) is 1. The molecule has 0 atom stereocenters. The van der Waals surface area contributed by atoms with Crippen LogP contribution in [0.5, 0.6) is 11.5 Å². The Balaban J connectivity index is 1.54. The molecular weight excluding hydrogens is 326 g/mol. The van der Waals surface area contributed by atoms with Crippen LogP contribution in [0.3, 0.4) is 0 Å². The van der Waals surface area contributed by atoms with Gasteiger partial charge in [0.05, 0.1) is 11.6 Å². The van der Waals surface area contributed by atoms with Crippen molar-refractivity contribution in [2.24, 2.45) is 0 Å². The summed E-state index contributed by atoms with van der Waals surface area (Å²) in [5.74, 6) is 1.27. The van der Waals surface area contributed by atoms with Crippen LogP contribution in [0.25, 0.3) is 0 Å². The highest BCUT2D eigenvalue weighted by molar-refractivity contribution is 6.32. The summed E-state index contributed by atoms with van der Waals surface area (Å²) in [4.78, 5) is 14.2. The quantitative estimate of drug-likeness (QED) is 0.874. The number of carbonyl (C=O) groups is 1. The topological polar surface area (TPSA) is 53.6 Å². The number of halogens is 1. The molecule has 1 saturated heterocycles. The summed E-state index contributed by atoms with van der Waals surface area (Å²) >= 11 is 6.08. The third kappa shape index (κ3) is 4.71. The zero-order chi connectivity index (χ0) is 16.8. The SMILES string of the molecule is O=C(CN1CCNCC1)Nc1ccc(Oc2ccccc2Cl)cc1. The number of ether oxygens (including phenoxy) is 1. The van der Waals surface area contributed by atoms with Gasteiger partial charge in [-0.3, -0.25) is 9.69 Å². The van der Waals surface area contributed by atoms with E-state index in [9.17, 15) is 4.79 Å². The minimum atomic E-state index is -0.00308. The van der Waals surface area contributed by atoms with Gasteiger partial charge in [-0.15, -0.1) is 0 Å². The number of hydrogen-bond donors (Lipinski definition) is 2. The van der Waals surface area contributed by atoms with Crippen LogP contribution in [0.2, 0.25) is 5.02 Å². The predicted octanol–water partition coefficient (Wildman–Crippen LogP) is 2.98. The molecule has 1 heterocycles. The van der Waals surface area contributed by atoms with Crippen LogP contribution in [0.1, 0.15) is 0 Å². The van der Waals surface area contributed by atoms with Crippen molar-refractivity contribution >= 4 is 23.2 Å². The second kappa shape index (κ2) is 8.15. The fourth-order valence-corrected chi connectivity index (χ4v) is 2.71. The lowest BCUT2D eigenvalue weighted by molar-refractivity contribution is -0.117. The number of hydrogen-bond acceptors (Lipinski definition) is 4. The second-order valence-electron chi connectivity index (χ2n) is 5.63. The summed E-state index contributed by atoms with van der Waals surface area (Å²) < 4.78 is 5.73. The van der Waals surface area contributed by atoms with Crippen molar-refractivity contribution in [1.29, 1.82) is 0 Å². The van der Waals surface area contributed by atoms with E-state index in [4.69, 9.17) is 16.3 Å². The van der Waals surface area contributed by atoms with E-state index < -0.39 is 0 Å². The third-order valence-corrected chi connectivity index (χ3v) is 4.09. The molecule has 1 fully saturated rings. The molecule has 1 amide bonds. The van der Waals surface area contributed by atoms with Crippen molar-refractivity contribution < 1.29 is 9.53 Å². The maximum atomic E-state index is 12.1. The van der Waals surface area contributed by atoms with E-state index in [0.29, 0.717) is 23.1 Å². The summed E-state index contributed by atoms with van der Waals surface area (Å²) in [7, 11) is 0. The molecular formula is C18H20ClN3O2. The normalized spacial score (nSPS) is 15.0. The lowest BCUT2D eigenvalue weighted by atomic mass is 10.3. The van der Waals surface area contributed by atoms with Gasteiger partial charge in [-0.1, -0.05) is 23.7 Å². The third-order valence-electron chi connectivity index (χ3n) is 3.78. The Hall–Kier alpha value is -2.08. The number of piperazine rings is 1. The lowest BCUT2D eigenvalue weighted by Gasteiger charge is -2.26. The van der Waals surface area contributed by atoms with Gasteiger partial charge < -0.3 is 15.4 Å². The molecule has 0 aromatic heterocycles. The van der Waals surface area contributed by atoms with Gasteiger partial charge in [0.25, 0.3) is 0 Å². The summed E-state index contributed by atoms with van der Waals surface area (Å²) in [6.07, 6.45) is 0. The first-order valence-corrected chi connectivity index (χ1v) is 8.34. The molecule has 0 saturated carbocycles. The van der Waals surface area contributed by atoms with Gasteiger partial charge in [-0.25, -0.2) is 0 Å². The van der Waals surface area contributed by atoms with Gasteiger partial charge in [-0.05, 0) is 36.4 Å². The summed E-state index contributed by atoms with van der Waals surface area (Å²) in [5.41, 5.74) is 0.752. The molecule has 0 aliphatic carbocycles. The largest absolute Gasteiger partial charge is 0.456 e. The van der Waals surface area contributed by atoms with E-state index in [-0.39, 0.29) is 5.91 Å². The minimum Gasteiger partial charge on any atom is -0.456 e. The second-order valence-corrected chi connectivity index (χ2v) is 6.04. The van der Waals surface area contributed by atoms with Crippen molar-refractivity contribution in [3.8, 4) is 11.5 Å². The van der Waals surface area contributed by atoms with Crippen LogP contribution < -0.4 is 15.4 Å². The molecule has 2 N–H and O–H groups in total. The van der Waals surface area contributed by atoms with Crippen LogP contribution in [-0.2, 0) is 4.79 Å². The average molecular weight is 346 g/mol. The van der Waals surface area contributed by atoms with E-state index >= 15 is 0 Å². The van der Waals surface area contributed by atoms with Gasteiger partial charge in [0.1, 0.15) is 11.5 Å². The van der Waals surface area contributed by atoms with Crippen molar-refractivity contribution in [3.05, 3.63) is 53.6 Å². The molecule has 1 aliphatic heterocycles. The first-order chi connectivity index (χ1) is 11.7. The van der Waals surface area contributed by atoms with Gasteiger partial charge >= 0.3 is 0 Å². The van der Waals surface area contributed by atoms with Crippen LogP contribution >= 0.6 is 11.6 Å². The molecule has 2 aromatic carbocycles. The number of benzene rings is 2. The Morgan fingerprint density at radius 1 is 1.12 bits per heavy atom. The molecule has 2 aromatic rings. The number of carbonyl (C=O) groups excluding carboxylic acids is 1. The highest BCUT2D eigenvalue weighted by Gasteiger charge is 2.13. The van der Waals surface area contributed by atoms with E-state index in [1.54, 1.807) is 6.07 Å². The smallest absolute Gasteiger partial charge is 0.238 e. The summed E-state index contributed by atoms with van der Waals surface area (Å²) in [6.45, 7) is 4.08. The Morgan fingerprint density at radius 3 is 2.54 bits per heavy atom. The molecule has 0 bridgehead atoms. The number of anilines is 1.